The van der Waals surface area contributed by atoms with Gasteiger partial charge in [-0.25, -0.2) is 4.79 Å². The van der Waals surface area contributed by atoms with Crippen molar-refractivity contribution in [2.75, 3.05) is 6.61 Å². The van der Waals surface area contributed by atoms with E-state index in [1.54, 1.807) is 6.92 Å². The van der Waals surface area contributed by atoms with Crippen LogP contribution in [0.25, 0.3) is 11.0 Å². The third-order valence-electron chi connectivity index (χ3n) is 2.05. The van der Waals surface area contributed by atoms with Crippen LogP contribution in [0.1, 0.15) is 29.1 Å². The summed E-state index contributed by atoms with van der Waals surface area (Å²) in [6, 6.07) is 0. The van der Waals surface area contributed by atoms with E-state index in [0.29, 0.717) is 11.0 Å². The van der Waals surface area contributed by atoms with Crippen molar-refractivity contribution in [1.29, 1.82) is 0 Å². The predicted octanol–water partition coefficient (Wildman–Crippen LogP) is 0.596. The minimum absolute atomic E-state index is 0.0737. The lowest BCUT2D eigenvalue weighted by atomic mass is 10.3. The zero-order valence-corrected chi connectivity index (χ0v) is 8.85. The zero-order valence-electron chi connectivity index (χ0n) is 8.85. The van der Waals surface area contributed by atoms with E-state index in [1.165, 1.54) is 13.1 Å². The Hall–Kier alpha value is -2.18. The summed E-state index contributed by atoms with van der Waals surface area (Å²) in [7, 11) is 0. The summed E-state index contributed by atoms with van der Waals surface area (Å²) in [5, 5.41) is 10.3. The minimum atomic E-state index is -0.572. The second kappa shape index (κ2) is 3.76. The Bertz CT molecular complexity index is 554. The van der Waals surface area contributed by atoms with Crippen LogP contribution in [0.2, 0.25) is 0 Å². The molecular weight excluding hydrogens is 212 g/mol. The molecule has 0 amide bonds. The van der Waals surface area contributed by atoms with Crippen LogP contribution < -0.4 is 0 Å². The van der Waals surface area contributed by atoms with E-state index in [2.05, 4.69) is 15.3 Å². The van der Waals surface area contributed by atoms with Crippen molar-refractivity contribution in [2.24, 2.45) is 0 Å². The van der Waals surface area contributed by atoms with Crippen molar-refractivity contribution in [3.05, 3.63) is 11.9 Å². The fourth-order valence-corrected chi connectivity index (χ4v) is 1.41. The lowest BCUT2D eigenvalue weighted by Gasteiger charge is -1.99. The number of rotatable bonds is 2. The molecule has 2 heterocycles. The summed E-state index contributed by atoms with van der Waals surface area (Å²) in [5.74, 6) is -0.862. The number of nitrogens with one attached hydrogen (secondary N) is 1. The molecule has 0 aliphatic carbocycles. The predicted molar refractivity (Wildman–Crippen MR) is 54.1 cm³/mol. The van der Waals surface area contributed by atoms with Crippen LogP contribution in [0, 0.1) is 0 Å². The monoisotopic (exact) mass is 222 g/mol. The van der Waals surface area contributed by atoms with Crippen LogP contribution >= 0.6 is 0 Å². The number of carbonyl (C=O) groups is 2. The molecule has 2 rings (SSSR count). The van der Waals surface area contributed by atoms with Crippen molar-refractivity contribution in [3.8, 4) is 0 Å². The highest BCUT2D eigenvalue weighted by Crippen LogP contribution is 2.16. The number of aromatic amines is 1. The van der Waals surface area contributed by atoms with Gasteiger partial charge in [-0.1, -0.05) is 0 Å². The first-order valence-electron chi connectivity index (χ1n) is 4.75. The third kappa shape index (κ3) is 1.46. The smallest absolute Gasteiger partial charge is 0.361 e. The molecular formula is C9H10N4O3. The molecule has 0 bridgehead atoms. The van der Waals surface area contributed by atoms with Crippen molar-refractivity contribution >= 4 is 22.9 Å². The number of H-pyrrole nitrogens is 1. The highest BCUT2D eigenvalue weighted by Gasteiger charge is 2.20. The van der Waals surface area contributed by atoms with E-state index >= 15 is 0 Å². The number of carbonyl (C=O) groups excluding carboxylic acids is 2. The third-order valence-corrected chi connectivity index (χ3v) is 2.05. The minimum Gasteiger partial charge on any atom is -0.461 e. The van der Waals surface area contributed by atoms with Gasteiger partial charge in [-0.15, -0.1) is 0 Å². The van der Waals surface area contributed by atoms with E-state index in [0.717, 1.165) is 4.68 Å². The van der Waals surface area contributed by atoms with Gasteiger partial charge in [-0.2, -0.15) is 14.9 Å². The highest BCUT2D eigenvalue weighted by molar-refractivity contribution is 6.03. The van der Waals surface area contributed by atoms with E-state index in [9.17, 15) is 9.59 Å². The Morgan fingerprint density at radius 1 is 1.56 bits per heavy atom. The van der Waals surface area contributed by atoms with Crippen LogP contribution in [0.3, 0.4) is 0 Å². The van der Waals surface area contributed by atoms with Gasteiger partial charge in [0.1, 0.15) is 11.0 Å². The molecule has 0 aliphatic rings. The lowest BCUT2D eigenvalue weighted by Crippen LogP contribution is -2.12. The molecule has 2 aromatic heterocycles. The largest absolute Gasteiger partial charge is 0.461 e. The van der Waals surface area contributed by atoms with Gasteiger partial charge in [-0.3, -0.25) is 9.89 Å². The van der Waals surface area contributed by atoms with Crippen molar-refractivity contribution in [1.82, 2.24) is 20.0 Å². The van der Waals surface area contributed by atoms with Crippen LogP contribution in [0.4, 0.5) is 0 Å². The van der Waals surface area contributed by atoms with E-state index in [4.69, 9.17) is 4.74 Å². The van der Waals surface area contributed by atoms with Gasteiger partial charge in [0.05, 0.1) is 12.8 Å². The lowest BCUT2D eigenvalue weighted by molar-refractivity contribution is 0.0521. The molecule has 16 heavy (non-hydrogen) atoms. The number of hydrogen-bond donors (Lipinski definition) is 1. The van der Waals surface area contributed by atoms with Gasteiger partial charge in [0, 0.05) is 6.92 Å². The Balaban J connectivity index is 2.57. The second-order valence-electron chi connectivity index (χ2n) is 3.13. The number of ether oxygens (including phenoxy) is 1. The average molecular weight is 222 g/mol. The summed E-state index contributed by atoms with van der Waals surface area (Å²) in [6.07, 6.45) is 1.44. The molecule has 84 valence electrons. The first-order chi connectivity index (χ1) is 7.65. The van der Waals surface area contributed by atoms with Crippen LogP contribution in [0.5, 0.6) is 0 Å². The molecule has 0 atom stereocenters. The zero-order chi connectivity index (χ0) is 11.7. The fourth-order valence-electron chi connectivity index (χ4n) is 1.41. The van der Waals surface area contributed by atoms with Crippen LogP contribution in [-0.4, -0.2) is 38.5 Å². The number of fused-ring (bicyclic) bond motifs is 1. The molecule has 0 aromatic carbocycles. The Morgan fingerprint density at radius 3 is 2.94 bits per heavy atom. The normalized spacial score (nSPS) is 10.6. The van der Waals surface area contributed by atoms with Crippen LogP contribution in [0.15, 0.2) is 6.20 Å². The Kier molecular flexibility index (Phi) is 2.43. The van der Waals surface area contributed by atoms with Crippen molar-refractivity contribution in [2.45, 2.75) is 13.8 Å². The van der Waals surface area contributed by atoms with Gasteiger partial charge in [0.25, 0.3) is 0 Å². The second-order valence-corrected chi connectivity index (χ2v) is 3.13. The fraction of sp³-hybridized carbons (Fsp3) is 0.333. The van der Waals surface area contributed by atoms with E-state index in [-0.39, 0.29) is 18.2 Å². The topological polar surface area (TPSA) is 89.9 Å². The van der Waals surface area contributed by atoms with Gasteiger partial charge in [0.2, 0.25) is 5.91 Å². The summed E-state index contributed by atoms with van der Waals surface area (Å²) in [5.41, 5.74) is 0.953. The number of aromatic nitrogens is 4. The van der Waals surface area contributed by atoms with Crippen molar-refractivity contribution < 1.29 is 14.3 Å². The molecule has 7 nitrogen and oxygen atoms in total. The summed E-state index contributed by atoms with van der Waals surface area (Å²) in [6.45, 7) is 3.31. The molecule has 0 unspecified atom stereocenters. The maximum Gasteiger partial charge on any atom is 0.361 e. The molecule has 0 fully saturated rings. The summed E-state index contributed by atoms with van der Waals surface area (Å²) in [4.78, 5) is 22.8. The van der Waals surface area contributed by atoms with Gasteiger partial charge in [0.15, 0.2) is 5.69 Å². The number of hydrogen-bond acceptors (Lipinski definition) is 5. The Labute approximate surface area is 90.4 Å². The first-order valence-corrected chi connectivity index (χ1v) is 4.75. The molecule has 1 N–H and O–H groups in total. The Morgan fingerprint density at radius 2 is 2.31 bits per heavy atom. The van der Waals surface area contributed by atoms with Gasteiger partial charge >= 0.3 is 5.97 Å². The first kappa shape index (κ1) is 10.3. The van der Waals surface area contributed by atoms with Gasteiger partial charge < -0.3 is 4.74 Å². The SMILES string of the molecule is CCOC(=O)c1n[nH]c2cnn(C(C)=O)c12. The molecule has 2 aromatic rings. The summed E-state index contributed by atoms with van der Waals surface area (Å²) < 4.78 is 5.94. The molecule has 0 spiro atoms. The van der Waals surface area contributed by atoms with Crippen molar-refractivity contribution in [3.63, 3.8) is 0 Å². The molecule has 7 heteroatoms. The van der Waals surface area contributed by atoms with E-state index in [1.807, 2.05) is 0 Å². The highest BCUT2D eigenvalue weighted by atomic mass is 16.5. The average Bonchev–Trinajstić information content (AvgIpc) is 2.76. The molecule has 0 aliphatic heterocycles. The standard InChI is InChI=1S/C9H10N4O3/c1-3-16-9(15)7-8-6(11-12-7)4-10-13(8)5(2)14/h4H,3H2,1-2H3,(H,11,12). The quantitative estimate of drug-likeness (QED) is 0.751. The number of nitrogens with zero attached hydrogens (tertiary/aromatic N) is 3. The molecule has 0 saturated carbocycles. The molecule has 0 radical (unpaired) electrons. The van der Waals surface area contributed by atoms with E-state index < -0.39 is 5.97 Å². The molecule has 0 saturated heterocycles. The van der Waals surface area contributed by atoms with Crippen LogP contribution in [-0.2, 0) is 4.74 Å². The maximum absolute atomic E-state index is 11.5. The maximum atomic E-state index is 11.5. The van der Waals surface area contributed by atoms with Gasteiger partial charge in [-0.05, 0) is 6.92 Å². The number of esters is 1. The summed E-state index contributed by atoms with van der Waals surface area (Å²) >= 11 is 0.